The Bertz CT molecular complexity index is 929. The van der Waals surface area contributed by atoms with Crippen molar-refractivity contribution in [2.45, 2.75) is 38.6 Å². The molecule has 0 bridgehead atoms. The van der Waals surface area contributed by atoms with Gasteiger partial charge in [-0.3, -0.25) is 14.4 Å². The fraction of sp³-hybridized carbons (Fsp3) is 0.458. The third-order valence-corrected chi connectivity index (χ3v) is 7.14. The Morgan fingerprint density at radius 3 is 2.39 bits per heavy atom. The average molecular weight is 440 g/mol. The van der Waals surface area contributed by atoms with Crippen LogP contribution in [0.2, 0.25) is 0 Å². The Balaban J connectivity index is 1.46. The molecule has 31 heavy (non-hydrogen) atoms. The van der Waals surface area contributed by atoms with Crippen molar-refractivity contribution in [1.29, 1.82) is 0 Å². The van der Waals surface area contributed by atoms with Crippen LogP contribution in [0.3, 0.4) is 0 Å². The lowest BCUT2D eigenvalue weighted by Gasteiger charge is -2.37. The summed E-state index contributed by atoms with van der Waals surface area (Å²) in [6, 6.07) is 10.6. The number of benzene rings is 1. The first-order valence-corrected chi connectivity index (χ1v) is 11.9. The summed E-state index contributed by atoms with van der Waals surface area (Å²) in [5, 5.41) is 4.96. The molecule has 1 N–H and O–H groups in total. The fourth-order valence-electron chi connectivity index (χ4n) is 4.52. The monoisotopic (exact) mass is 439 g/mol. The minimum Gasteiger partial charge on any atom is -0.341 e. The minimum absolute atomic E-state index is 0.0153. The van der Waals surface area contributed by atoms with Crippen molar-refractivity contribution in [3.63, 3.8) is 0 Å². The molecule has 0 saturated carbocycles. The number of piperidine rings is 1. The van der Waals surface area contributed by atoms with Gasteiger partial charge in [0.25, 0.3) is 11.8 Å². The molecule has 0 aliphatic carbocycles. The van der Waals surface area contributed by atoms with Crippen LogP contribution in [0.1, 0.15) is 51.3 Å². The SMILES string of the molecule is Cc1cccc(C(=O)N[C@H](C(=O)N2CCCC2)C2CCN(C(=O)c3cccs3)CC2)c1. The lowest BCUT2D eigenvalue weighted by molar-refractivity contribution is -0.134. The Hall–Kier alpha value is -2.67. The van der Waals surface area contributed by atoms with Gasteiger partial charge in [0.2, 0.25) is 5.91 Å². The van der Waals surface area contributed by atoms with E-state index in [1.807, 2.05) is 52.4 Å². The Labute approximate surface area is 187 Å². The van der Waals surface area contributed by atoms with E-state index in [4.69, 9.17) is 0 Å². The molecule has 6 nitrogen and oxygen atoms in total. The Kier molecular flexibility index (Phi) is 6.70. The highest BCUT2D eigenvalue weighted by Gasteiger charge is 2.37. The number of aryl methyl sites for hydroxylation is 1. The van der Waals surface area contributed by atoms with E-state index >= 15 is 0 Å². The lowest BCUT2D eigenvalue weighted by Crippen LogP contribution is -2.54. The third-order valence-electron chi connectivity index (χ3n) is 6.28. The third kappa shape index (κ3) is 4.98. The molecule has 2 aliphatic heterocycles. The number of hydrogen-bond donors (Lipinski definition) is 1. The number of carbonyl (C=O) groups excluding carboxylic acids is 3. The van der Waals surface area contributed by atoms with Gasteiger partial charge in [0, 0.05) is 31.7 Å². The van der Waals surface area contributed by atoms with E-state index in [0.29, 0.717) is 31.5 Å². The topological polar surface area (TPSA) is 69.7 Å². The molecule has 2 fully saturated rings. The van der Waals surface area contributed by atoms with Crippen LogP contribution >= 0.6 is 11.3 Å². The lowest BCUT2D eigenvalue weighted by atomic mass is 9.88. The predicted octanol–water partition coefficient (Wildman–Crippen LogP) is 3.33. The second-order valence-corrected chi connectivity index (χ2v) is 9.41. The van der Waals surface area contributed by atoms with Gasteiger partial charge in [-0.15, -0.1) is 11.3 Å². The van der Waals surface area contributed by atoms with E-state index in [1.165, 1.54) is 11.3 Å². The Morgan fingerprint density at radius 2 is 1.74 bits per heavy atom. The number of amides is 3. The van der Waals surface area contributed by atoms with Gasteiger partial charge in [-0.25, -0.2) is 0 Å². The molecule has 0 radical (unpaired) electrons. The van der Waals surface area contributed by atoms with Crippen molar-refractivity contribution in [1.82, 2.24) is 15.1 Å². The first-order chi connectivity index (χ1) is 15.0. The summed E-state index contributed by atoms with van der Waals surface area (Å²) in [7, 11) is 0. The van der Waals surface area contributed by atoms with Crippen molar-refractivity contribution in [3.05, 3.63) is 57.8 Å². The largest absolute Gasteiger partial charge is 0.341 e. The maximum absolute atomic E-state index is 13.3. The summed E-state index contributed by atoms with van der Waals surface area (Å²) in [5.74, 6) is -0.117. The fourth-order valence-corrected chi connectivity index (χ4v) is 5.21. The van der Waals surface area contributed by atoms with Crippen LogP contribution in [0, 0.1) is 12.8 Å². The summed E-state index contributed by atoms with van der Waals surface area (Å²) >= 11 is 1.45. The number of nitrogens with one attached hydrogen (secondary N) is 1. The summed E-state index contributed by atoms with van der Waals surface area (Å²) in [4.78, 5) is 43.4. The van der Waals surface area contributed by atoms with Crippen LogP contribution in [0.4, 0.5) is 0 Å². The van der Waals surface area contributed by atoms with E-state index in [0.717, 1.165) is 36.4 Å². The number of hydrogen-bond acceptors (Lipinski definition) is 4. The second-order valence-electron chi connectivity index (χ2n) is 8.46. The zero-order chi connectivity index (χ0) is 21.8. The molecule has 2 aromatic rings. The molecule has 0 unspecified atom stereocenters. The first kappa shape index (κ1) is 21.6. The highest BCUT2D eigenvalue weighted by atomic mass is 32.1. The summed E-state index contributed by atoms with van der Waals surface area (Å²) in [5.41, 5.74) is 1.58. The van der Waals surface area contributed by atoms with Crippen molar-refractivity contribution in [3.8, 4) is 0 Å². The molecule has 1 aromatic heterocycles. The predicted molar refractivity (Wildman–Crippen MR) is 121 cm³/mol. The van der Waals surface area contributed by atoms with E-state index in [9.17, 15) is 14.4 Å². The molecule has 3 amide bonds. The maximum Gasteiger partial charge on any atom is 0.263 e. The molecule has 164 valence electrons. The van der Waals surface area contributed by atoms with E-state index in [2.05, 4.69) is 5.32 Å². The van der Waals surface area contributed by atoms with Gasteiger partial charge in [0.15, 0.2) is 0 Å². The molecule has 1 atom stereocenters. The zero-order valence-electron chi connectivity index (χ0n) is 17.9. The number of carbonyl (C=O) groups is 3. The van der Waals surface area contributed by atoms with Crippen molar-refractivity contribution in [2.24, 2.45) is 5.92 Å². The van der Waals surface area contributed by atoms with Crippen LogP contribution in [0.25, 0.3) is 0 Å². The van der Waals surface area contributed by atoms with E-state index < -0.39 is 6.04 Å². The number of likely N-dealkylation sites (tertiary alicyclic amines) is 2. The first-order valence-electron chi connectivity index (χ1n) is 11.0. The van der Waals surface area contributed by atoms with Crippen LogP contribution < -0.4 is 5.32 Å². The minimum atomic E-state index is -0.551. The van der Waals surface area contributed by atoms with Crippen molar-refractivity contribution < 1.29 is 14.4 Å². The standard InChI is InChI=1S/C24H29N3O3S/c1-17-6-4-7-19(16-17)22(28)25-21(24(30)26-11-2-3-12-26)18-9-13-27(14-10-18)23(29)20-8-5-15-31-20/h4-8,15-16,18,21H,2-3,9-14H2,1H3,(H,25,28)/t21-/m0/s1. The summed E-state index contributed by atoms with van der Waals surface area (Å²) in [6.07, 6.45) is 3.43. The van der Waals surface area contributed by atoms with Gasteiger partial charge < -0.3 is 15.1 Å². The average Bonchev–Trinajstić information content (AvgIpc) is 3.51. The number of rotatable bonds is 5. The van der Waals surface area contributed by atoms with Crippen LogP contribution in [-0.4, -0.2) is 59.7 Å². The van der Waals surface area contributed by atoms with Gasteiger partial charge in [0.1, 0.15) is 6.04 Å². The molecule has 0 spiro atoms. The number of thiophene rings is 1. The number of nitrogens with zero attached hydrogens (tertiary/aromatic N) is 2. The van der Waals surface area contributed by atoms with Gasteiger partial charge in [-0.1, -0.05) is 23.8 Å². The van der Waals surface area contributed by atoms with Crippen LogP contribution in [0.15, 0.2) is 41.8 Å². The van der Waals surface area contributed by atoms with Crippen LogP contribution in [0.5, 0.6) is 0 Å². The van der Waals surface area contributed by atoms with E-state index in [1.54, 1.807) is 6.07 Å². The van der Waals surface area contributed by atoms with Gasteiger partial charge >= 0.3 is 0 Å². The van der Waals surface area contributed by atoms with Gasteiger partial charge in [-0.05, 0) is 62.1 Å². The Morgan fingerprint density at radius 1 is 1.00 bits per heavy atom. The molecule has 3 heterocycles. The molecular formula is C24H29N3O3S. The molecule has 4 rings (SSSR count). The van der Waals surface area contributed by atoms with Gasteiger partial charge in [0.05, 0.1) is 4.88 Å². The smallest absolute Gasteiger partial charge is 0.263 e. The highest BCUT2D eigenvalue weighted by molar-refractivity contribution is 7.12. The summed E-state index contributed by atoms with van der Waals surface area (Å²) in [6.45, 7) is 4.66. The molecule has 7 heteroatoms. The second kappa shape index (κ2) is 9.64. The van der Waals surface area contributed by atoms with E-state index in [-0.39, 0.29) is 23.6 Å². The molecule has 1 aromatic carbocycles. The van der Waals surface area contributed by atoms with Crippen molar-refractivity contribution >= 4 is 29.1 Å². The zero-order valence-corrected chi connectivity index (χ0v) is 18.7. The molecule has 2 saturated heterocycles. The maximum atomic E-state index is 13.3. The highest BCUT2D eigenvalue weighted by Crippen LogP contribution is 2.25. The summed E-state index contributed by atoms with van der Waals surface area (Å²) < 4.78 is 0. The molecular weight excluding hydrogens is 410 g/mol. The molecule has 2 aliphatic rings. The van der Waals surface area contributed by atoms with Crippen molar-refractivity contribution in [2.75, 3.05) is 26.2 Å². The van der Waals surface area contributed by atoms with Crippen LogP contribution in [-0.2, 0) is 4.79 Å². The normalized spacial score (nSPS) is 18.1. The quantitative estimate of drug-likeness (QED) is 0.777. The van der Waals surface area contributed by atoms with Gasteiger partial charge in [-0.2, -0.15) is 0 Å².